The van der Waals surface area contributed by atoms with Crippen LogP contribution in [0.4, 0.5) is 0 Å². The van der Waals surface area contributed by atoms with Crippen molar-refractivity contribution in [1.29, 1.82) is 0 Å². The average Bonchev–Trinajstić information content (AvgIpc) is 2.88. The molecule has 0 aromatic heterocycles. The largest absolute Gasteiger partial charge is 0.378 e. The molecule has 0 aromatic carbocycles. The van der Waals surface area contributed by atoms with E-state index >= 15 is 0 Å². The fourth-order valence-electron chi connectivity index (χ4n) is 6.75. The summed E-state index contributed by atoms with van der Waals surface area (Å²) in [6, 6.07) is 0. The molecule has 1 heteroatoms. The Morgan fingerprint density at radius 2 is 1.82 bits per heavy atom. The van der Waals surface area contributed by atoms with Crippen LogP contribution in [0, 0.1) is 34.5 Å². The van der Waals surface area contributed by atoms with Gasteiger partial charge in [0.05, 0.1) is 0 Å². The van der Waals surface area contributed by atoms with Crippen LogP contribution in [0.2, 0.25) is 0 Å². The molecule has 4 aliphatic rings. The molecule has 22 heavy (non-hydrogen) atoms. The van der Waals surface area contributed by atoms with Crippen molar-refractivity contribution in [2.75, 3.05) is 14.1 Å². The maximum absolute atomic E-state index is 2.61. The fourth-order valence-corrected chi connectivity index (χ4v) is 6.75. The third kappa shape index (κ3) is 1.96. The van der Waals surface area contributed by atoms with E-state index in [-0.39, 0.29) is 0 Å². The first-order valence-corrected chi connectivity index (χ1v) is 9.52. The zero-order valence-corrected chi connectivity index (χ0v) is 14.9. The molecule has 0 aromatic rings. The van der Waals surface area contributed by atoms with Gasteiger partial charge in [-0.3, -0.25) is 0 Å². The molecule has 4 aliphatic carbocycles. The van der Waals surface area contributed by atoms with Crippen LogP contribution >= 0.6 is 0 Å². The topological polar surface area (TPSA) is 3.24 Å². The monoisotopic (exact) mass is 299 g/mol. The molecule has 1 nitrogen and oxygen atoms in total. The quantitative estimate of drug-likeness (QED) is 0.639. The number of hydrogen-bond acceptors (Lipinski definition) is 1. The Kier molecular flexibility index (Phi) is 3.30. The Labute approximate surface area is 136 Å². The summed E-state index contributed by atoms with van der Waals surface area (Å²) >= 11 is 0. The Bertz CT molecular complexity index is 516. The molecule has 0 amide bonds. The molecule has 0 N–H and O–H groups in total. The van der Waals surface area contributed by atoms with Gasteiger partial charge in [0.1, 0.15) is 0 Å². The van der Waals surface area contributed by atoms with Crippen LogP contribution < -0.4 is 0 Å². The van der Waals surface area contributed by atoms with Crippen LogP contribution in [0.3, 0.4) is 0 Å². The van der Waals surface area contributed by atoms with Gasteiger partial charge in [0.2, 0.25) is 0 Å². The summed E-state index contributed by atoms with van der Waals surface area (Å²) in [4.78, 5) is 2.27. The summed E-state index contributed by atoms with van der Waals surface area (Å²) in [6.07, 6.45) is 17.9. The molecule has 6 atom stereocenters. The maximum Gasteiger partial charge on any atom is 0.0320 e. The lowest BCUT2D eigenvalue weighted by Gasteiger charge is -2.58. The lowest BCUT2D eigenvalue weighted by atomic mass is 9.47. The van der Waals surface area contributed by atoms with Gasteiger partial charge < -0.3 is 4.90 Å². The molecule has 0 spiro atoms. The van der Waals surface area contributed by atoms with Gasteiger partial charge in [0.25, 0.3) is 0 Å². The summed E-state index contributed by atoms with van der Waals surface area (Å²) < 4.78 is 0. The molecular weight excluding hydrogens is 266 g/mol. The van der Waals surface area contributed by atoms with E-state index in [1.165, 1.54) is 50.6 Å². The number of rotatable bonds is 1. The molecule has 3 fully saturated rings. The van der Waals surface area contributed by atoms with E-state index in [4.69, 9.17) is 0 Å². The Hall–Kier alpha value is -0.720. The Morgan fingerprint density at radius 1 is 1.00 bits per heavy atom. The summed E-state index contributed by atoms with van der Waals surface area (Å²) in [7, 11) is 4.35. The average molecular weight is 300 g/mol. The standard InChI is InChI=1S/C21H33N/c1-20-11-5-6-18(20)17-8-7-15-14-16(22(3)4)9-13-21(15,2)19(17)10-12-20/h9,13-15,17-19H,5-8,10-12H2,1-4H3/t15?,17-,18-,19-,20-,21-/m0/s1. The first-order valence-electron chi connectivity index (χ1n) is 9.52. The second-order valence-electron chi connectivity index (χ2n) is 9.33. The molecule has 0 radical (unpaired) electrons. The number of allylic oxidation sites excluding steroid dienone is 3. The molecule has 0 bridgehead atoms. The van der Waals surface area contributed by atoms with Gasteiger partial charge in [0, 0.05) is 19.8 Å². The van der Waals surface area contributed by atoms with Crippen molar-refractivity contribution >= 4 is 0 Å². The van der Waals surface area contributed by atoms with Crippen LogP contribution in [0.15, 0.2) is 23.9 Å². The normalized spacial score (nSPS) is 49.9. The van der Waals surface area contributed by atoms with E-state index in [1.807, 2.05) is 0 Å². The van der Waals surface area contributed by atoms with E-state index < -0.39 is 0 Å². The first-order chi connectivity index (χ1) is 10.4. The van der Waals surface area contributed by atoms with E-state index in [0.29, 0.717) is 10.8 Å². The van der Waals surface area contributed by atoms with Crippen molar-refractivity contribution in [1.82, 2.24) is 4.90 Å². The molecule has 3 saturated carbocycles. The number of hydrogen-bond donors (Lipinski definition) is 0. The van der Waals surface area contributed by atoms with Crippen molar-refractivity contribution in [2.24, 2.45) is 34.5 Å². The summed E-state index contributed by atoms with van der Waals surface area (Å²) in [6.45, 7) is 5.18. The molecule has 1 unspecified atom stereocenters. The highest BCUT2D eigenvalue weighted by Gasteiger charge is 2.56. The maximum atomic E-state index is 2.61. The van der Waals surface area contributed by atoms with E-state index in [0.717, 1.165) is 23.7 Å². The van der Waals surface area contributed by atoms with Crippen LogP contribution in [-0.2, 0) is 0 Å². The van der Waals surface area contributed by atoms with Crippen LogP contribution in [0.1, 0.15) is 58.8 Å². The summed E-state index contributed by atoms with van der Waals surface area (Å²) in [5.41, 5.74) is 2.53. The lowest BCUT2D eigenvalue weighted by molar-refractivity contribution is -0.0545. The van der Waals surface area contributed by atoms with E-state index in [2.05, 4.69) is 51.1 Å². The Balaban J connectivity index is 1.64. The van der Waals surface area contributed by atoms with Gasteiger partial charge in [-0.2, -0.15) is 0 Å². The van der Waals surface area contributed by atoms with Crippen LogP contribution in [-0.4, -0.2) is 19.0 Å². The third-order valence-corrected chi connectivity index (χ3v) is 8.13. The number of likely N-dealkylation sites (N-methyl/N-ethyl adjacent to an activating group) is 1. The highest BCUT2D eigenvalue weighted by atomic mass is 15.1. The highest BCUT2D eigenvalue weighted by Crippen LogP contribution is 2.64. The van der Waals surface area contributed by atoms with Gasteiger partial charge in [-0.1, -0.05) is 32.4 Å². The second kappa shape index (κ2) is 4.89. The third-order valence-electron chi connectivity index (χ3n) is 8.13. The molecule has 0 aliphatic heterocycles. The molecule has 122 valence electrons. The van der Waals surface area contributed by atoms with Crippen LogP contribution in [0.25, 0.3) is 0 Å². The van der Waals surface area contributed by atoms with Crippen molar-refractivity contribution in [3.05, 3.63) is 23.9 Å². The molecule has 0 heterocycles. The Morgan fingerprint density at radius 3 is 2.59 bits per heavy atom. The zero-order valence-electron chi connectivity index (χ0n) is 14.9. The number of fused-ring (bicyclic) bond motifs is 5. The minimum absolute atomic E-state index is 0.423. The van der Waals surface area contributed by atoms with E-state index in [1.54, 1.807) is 0 Å². The predicted octanol–water partition coefficient (Wildman–Crippen LogP) is 5.25. The van der Waals surface area contributed by atoms with Gasteiger partial charge in [0.15, 0.2) is 0 Å². The SMILES string of the molecule is CN(C)C1=CC2CC[C@H]3[C@@H]4CCC[C@@]4(C)CC[C@@H]3[C@@]2(C)C=C1. The zero-order chi connectivity index (χ0) is 15.5. The fraction of sp³-hybridized carbons (Fsp3) is 0.810. The second-order valence-corrected chi connectivity index (χ2v) is 9.33. The van der Waals surface area contributed by atoms with Gasteiger partial charge in [-0.15, -0.1) is 0 Å². The minimum Gasteiger partial charge on any atom is -0.378 e. The minimum atomic E-state index is 0.423. The van der Waals surface area contributed by atoms with Crippen LogP contribution in [0.5, 0.6) is 0 Å². The molecule has 0 saturated heterocycles. The predicted molar refractivity (Wildman–Crippen MR) is 93.4 cm³/mol. The van der Waals surface area contributed by atoms with Gasteiger partial charge in [-0.25, -0.2) is 0 Å². The van der Waals surface area contributed by atoms with Crippen molar-refractivity contribution < 1.29 is 0 Å². The highest BCUT2D eigenvalue weighted by molar-refractivity contribution is 5.29. The van der Waals surface area contributed by atoms with Crippen molar-refractivity contribution in [3.63, 3.8) is 0 Å². The first kappa shape index (κ1) is 14.8. The summed E-state index contributed by atoms with van der Waals surface area (Å²) in [5.74, 6) is 3.72. The van der Waals surface area contributed by atoms with E-state index in [9.17, 15) is 0 Å². The van der Waals surface area contributed by atoms with Crippen molar-refractivity contribution in [2.45, 2.75) is 58.8 Å². The van der Waals surface area contributed by atoms with Crippen molar-refractivity contribution in [3.8, 4) is 0 Å². The molecular formula is C21H33N. The van der Waals surface area contributed by atoms with Gasteiger partial charge >= 0.3 is 0 Å². The molecule has 4 rings (SSSR count). The smallest absolute Gasteiger partial charge is 0.0320 e. The lowest BCUT2D eigenvalue weighted by Crippen LogP contribution is -2.50. The number of nitrogens with zero attached hydrogens (tertiary/aromatic N) is 1. The summed E-state index contributed by atoms with van der Waals surface area (Å²) in [5, 5.41) is 0. The van der Waals surface area contributed by atoms with Gasteiger partial charge in [-0.05, 0) is 79.1 Å².